The van der Waals surface area contributed by atoms with Crippen molar-refractivity contribution in [3.05, 3.63) is 70.8 Å². The lowest BCUT2D eigenvalue weighted by Crippen LogP contribution is -2.13. The molecule has 0 atom stereocenters. The number of benzene rings is 2. The normalized spacial score (nSPS) is 11.5. The summed E-state index contributed by atoms with van der Waals surface area (Å²) in [6.07, 6.45) is 2.28. The van der Waals surface area contributed by atoms with Crippen molar-refractivity contribution in [3.63, 3.8) is 0 Å². The third-order valence-corrected chi connectivity index (χ3v) is 5.57. The van der Waals surface area contributed by atoms with E-state index >= 15 is 0 Å². The van der Waals surface area contributed by atoms with E-state index in [2.05, 4.69) is 14.7 Å². The van der Waals surface area contributed by atoms with E-state index in [1.54, 1.807) is 36.4 Å². The van der Waals surface area contributed by atoms with Crippen molar-refractivity contribution in [2.75, 3.05) is 11.6 Å². The molecule has 3 rings (SSSR count). The van der Waals surface area contributed by atoms with Crippen molar-refractivity contribution in [2.45, 2.75) is 12.1 Å². The summed E-state index contributed by atoms with van der Waals surface area (Å²) in [5, 5.41) is 11.2. The van der Waals surface area contributed by atoms with E-state index in [0.717, 1.165) is 11.8 Å². The maximum absolute atomic E-state index is 12.3. The van der Waals surface area contributed by atoms with E-state index in [4.69, 9.17) is 4.74 Å². The van der Waals surface area contributed by atoms with Gasteiger partial charge >= 0.3 is 5.97 Å². The molecule has 0 fully saturated rings. The fraction of sp³-hybridized carbons (Fsp3) is 0.0952. The van der Waals surface area contributed by atoms with E-state index < -0.39 is 26.9 Å². The van der Waals surface area contributed by atoms with Crippen molar-refractivity contribution in [2.24, 2.45) is 0 Å². The van der Waals surface area contributed by atoms with Crippen molar-refractivity contribution in [3.8, 4) is 11.8 Å². The van der Waals surface area contributed by atoms with Gasteiger partial charge in [0.1, 0.15) is 17.4 Å². The highest BCUT2D eigenvalue weighted by Crippen LogP contribution is 2.19. The Bertz CT molecular complexity index is 1350. The maximum atomic E-state index is 12.3. The van der Waals surface area contributed by atoms with Gasteiger partial charge in [-0.25, -0.2) is 13.2 Å². The summed E-state index contributed by atoms with van der Waals surface area (Å²) in [5.41, 5.74) is 1.64. The highest BCUT2D eigenvalue weighted by Gasteiger charge is 2.17. The number of amides is 1. The monoisotopic (exact) mass is 468 g/mol. The number of carbonyl (C=O) groups is 2. The molecule has 0 bridgehead atoms. The molecule has 0 unspecified atom stereocenters. The lowest BCUT2D eigenvalue weighted by molar-refractivity contribution is -0.112. The predicted molar refractivity (Wildman–Crippen MR) is 118 cm³/mol. The van der Waals surface area contributed by atoms with Gasteiger partial charge in [-0.3, -0.25) is 10.1 Å². The number of carbonyl (C=O) groups excluding carboxylic acids is 2. The van der Waals surface area contributed by atoms with Crippen LogP contribution in [0.4, 0.5) is 5.13 Å². The first-order chi connectivity index (χ1) is 15.2. The smallest absolute Gasteiger partial charge is 0.343 e. The molecule has 32 heavy (non-hydrogen) atoms. The lowest BCUT2D eigenvalue weighted by atomic mass is 10.1. The number of hydrogen-bond donors (Lipinski definition) is 1. The Kier molecular flexibility index (Phi) is 6.77. The molecule has 0 saturated carbocycles. The van der Waals surface area contributed by atoms with E-state index in [1.165, 1.54) is 18.2 Å². The topological polar surface area (TPSA) is 139 Å². The number of esters is 1. The second-order valence-corrected chi connectivity index (χ2v) is 9.27. The van der Waals surface area contributed by atoms with Crippen LogP contribution in [0.2, 0.25) is 0 Å². The minimum atomic E-state index is -3.60. The van der Waals surface area contributed by atoms with Crippen LogP contribution in [0.15, 0.2) is 59.3 Å². The molecule has 9 nitrogen and oxygen atoms in total. The molecule has 1 N–H and O–H groups in total. The van der Waals surface area contributed by atoms with Gasteiger partial charge in [0.15, 0.2) is 0 Å². The predicted octanol–water partition coefficient (Wildman–Crippen LogP) is 3.01. The van der Waals surface area contributed by atoms with Crippen LogP contribution in [-0.4, -0.2) is 35.9 Å². The number of rotatable bonds is 6. The number of nitrogens with one attached hydrogen (secondary N) is 1. The summed E-state index contributed by atoms with van der Waals surface area (Å²) in [6, 6.07) is 15.0. The first-order valence-corrected chi connectivity index (χ1v) is 11.7. The van der Waals surface area contributed by atoms with Gasteiger partial charge in [0.25, 0.3) is 11.1 Å². The van der Waals surface area contributed by atoms with Crippen LogP contribution in [0.1, 0.15) is 21.5 Å². The Morgan fingerprint density at radius 1 is 1.19 bits per heavy atom. The summed E-state index contributed by atoms with van der Waals surface area (Å²) in [5.74, 6) is -0.961. The first-order valence-electron chi connectivity index (χ1n) is 9.01. The molecule has 0 aliphatic heterocycles. The van der Waals surface area contributed by atoms with Crippen LogP contribution in [-0.2, 0) is 14.6 Å². The number of sulfone groups is 1. The Labute approximate surface area is 188 Å². The van der Waals surface area contributed by atoms with Gasteiger partial charge in [-0.1, -0.05) is 29.8 Å². The number of nitrogens with zero attached hydrogens (tertiary/aromatic N) is 3. The first kappa shape index (κ1) is 22.8. The van der Waals surface area contributed by atoms with Crippen LogP contribution in [0.5, 0.6) is 5.75 Å². The van der Waals surface area contributed by atoms with Crippen LogP contribution in [0.25, 0.3) is 6.08 Å². The van der Waals surface area contributed by atoms with E-state index in [1.807, 2.05) is 13.0 Å². The van der Waals surface area contributed by atoms with Crippen molar-refractivity contribution < 1.29 is 22.7 Å². The molecule has 0 radical (unpaired) electrons. The zero-order valence-electron chi connectivity index (χ0n) is 16.9. The highest BCUT2D eigenvalue weighted by molar-refractivity contribution is 7.90. The zero-order valence-corrected chi connectivity index (χ0v) is 18.5. The van der Waals surface area contributed by atoms with Gasteiger partial charge < -0.3 is 4.74 Å². The van der Waals surface area contributed by atoms with E-state index in [9.17, 15) is 23.3 Å². The summed E-state index contributed by atoms with van der Waals surface area (Å²) in [6.45, 7) is 1.87. The second kappa shape index (κ2) is 9.51. The minimum Gasteiger partial charge on any atom is -0.423 e. The molecular formula is C21H16N4O5S2. The van der Waals surface area contributed by atoms with Crippen molar-refractivity contribution in [1.29, 1.82) is 5.26 Å². The van der Waals surface area contributed by atoms with E-state index in [-0.39, 0.29) is 10.7 Å². The molecule has 0 saturated heterocycles. The number of aryl methyl sites for hydroxylation is 1. The zero-order chi connectivity index (χ0) is 23.3. The number of nitriles is 1. The summed E-state index contributed by atoms with van der Waals surface area (Å²) < 4.78 is 31.8. The SMILES string of the molecule is Cc1cccc(C(=O)Oc2ccc(/C=C(/C#N)C(=O)Nc3nc(S(C)(=O)=O)ns3)cc2)c1. The van der Waals surface area contributed by atoms with Crippen LogP contribution >= 0.6 is 11.5 Å². The third kappa shape index (κ3) is 5.84. The Hall–Kier alpha value is -3.88. The summed E-state index contributed by atoms with van der Waals surface area (Å²) in [7, 11) is -3.60. The molecular weight excluding hydrogens is 452 g/mol. The molecule has 0 spiro atoms. The average Bonchev–Trinajstić information content (AvgIpc) is 3.22. The summed E-state index contributed by atoms with van der Waals surface area (Å²) >= 11 is 0.688. The molecule has 1 heterocycles. The summed E-state index contributed by atoms with van der Waals surface area (Å²) in [4.78, 5) is 28.3. The van der Waals surface area contributed by atoms with Gasteiger partial charge in [-0.2, -0.15) is 14.6 Å². The van der Waals surface area contributed by atoms with Gasteiger partial charge in [0.05, 0.1) is 5.56 Å². The highest BCUT2D eigenvalue weighted by atomic mass is 32.2. The minimum absolute atomic E-state index is 0.0463. The van der Waals surface area contributed by atoms with Crippen LogP contribution in [0.3, 0.4) is 0 Å². The lowest BCUT2D eigenvalue weighted by Gasteiger charge is -2.05. The Balaban J connectivity index is 1.69. The standard InChI is InChI=1S/C21H16N4O5S2/c1-13-4-3-5-15(10-13)19(27)30-17-8-6-14(7-9-17)11-16(12-22)18(26)23-20-24-21(25-31-20)32(2,28)29/h3-11H,1-2H3,(H,23,24,25,26)/b16-11-. The number of aromatic nitrogens is 2. The number of anilines is 1. The molecule has 11 heteroatoms. The van der Waals surface area contributed by atoms with Crippen molar-refractivity contribution in [1.82, 2.24) is 9.36 Å². The molecule has 1 aromatic heterocycles. The second-order valence-electron chi connectivity index (χ2n) is 6.61. The average molecular weight is 469 g/mol. The number of ether oxygens (including phenoxy) is 1. The molecule has 0 aliphatic rings. The quantitative estimate of drug-likeness (QED) is 0.252. The van der Waals surface area contributed by atoms with Gasteiger partial charge in [-0.15, -0.1) is 0 Å². The largest absolute Gasteiger partial charge is 0.423 e. The molecule has 1 amide bonds. The molecule has 2 aromatic carbocycles. The fourth-order valence-electron chi connectivity index (χ4n) is 2.46. The van der Waals surface area contributed by atoms with Crippen LogP contribution in [0, 0.1) is 18.3 Å². The third-order valence-electron chi connectivity index (χ3n) is 3.98. The molecule has 162 valence electrons. The van der Waals surface area contributed by atoms with Crippen molar-refractivity contribution >= 4 is 44.5 Å². The van der Waals surface area contributed by atoms with Gasteiger partial charge in [0, 0.05) is 17.8 Å². The van der Waals surface area contributed by atoms with Gasteiger partial charge in [-0.05, 0) is 42.8 Å². The van der Waals surface area contributed by atoms with Crippen LogP contribution < -0.4 is 10.1 Å². The Morgan fingerprint density at radius 2 is 1.91 bits per heavy atom. The number of hydrogen-bond acceptors (Lipinski definition) is 9. The molecule has 0 aliphatic carbocycles. The molecule has 3 aromatic rings. The van der Waals surface area contributed by atoms with Gasteiger partial charge in [0.2, 0.25) is 15.0 Å². The Morgan fingerprint density at radius 3 is 2.50 bits per heavy atom. The maximum Gasteiger partial charge on any atom is 0.343 e. The fourth-order valence-corrected chi connectivity index (χ4v) is 3.90. The van der Waals surface area contributed by atoms with E-state index in [0.29, 0.717) is 28.4 Å².